The number of rotatable bonds is 5. The summed E-state index contributed by atoms with van der Waals surface area (Å²) in [6, 6.07) is 10.5. The molecule has 1 heterocycles. The molecule has 1 aromatic rings. The summed E-state index contributed by atoms with van der Waals surface area (Å²) in [5.41, 5.74) is 1.39. The normalized spacial score (nSPS) is 24.9. The van der Waals surface area contributed by atoms with Crippen LogP contribution in [0.4, 0.5) is 0 Å². The van der Waals surface area contributed by atoms with Crippen LogP contribution in [0.3, 0.4) is 0 Å². The van der Waals surface area contributed by atoms with E-state index in [9.17, 15) is 0 Å². The second kappa shape index (κ2) is 4.58. The van der Waals surface area contributed by atoms with Crippen LogP contribution in [0.1, 0.15) is 12.0 Å². The first kappa shape index (κ1) is 9.69. The van der Waals surface area contributed by atoms with E-state index in [1.54, 1.807) is 7.11 Å². The van der Waals surface area contributed by atoms with Crippen LogP contribution in [-0.4, -0.2) is 25.9 Å². The Morgan fingerprint density at radius 3 is 2.71 bits per heavy atom. The third-order valence-electron chi connectivity index (χ3n) is 2.58. The summed E-state index contributed by atoms with van der Waals surface area (Å²) in [6.45, 7) is 0.736. The van der Waals surface area contributed by atoms with E-state index in [-0.39, 0.29) is 0 Å². The van der Waals surface area contributed by atoms with Gasteiger partial charge in [0.05, 0.1) is 12.7 Å². The third-order valence-corrected chi connectivity index (χ3v) is 2.58. The highest BCUT2D eigenvalue weighted by molar-refractivity contribution is 5.15. The molecule has 0 unspecified atom stereocenters. The first-order valence-electron chi connectivity index (χ1n) is 5.08. The van der Waals surface area contributed by atoms with E-state index in [1.807, 2.05) is 6.07 Å². The van der Waals surface area contributed by atoms with Gasteiger partial charge in [-0.1, -0.05) is 30.3 Å². The molecule has 1 aliphatic heterocycles. The molecule has 0 aliphatic carbocycles. The molecule has 2 atom stereocenters. The lowest BCUT2D eigenvalue weighted by Gasteiger charge is -1.97. The van der Waals surface area contributed by atoms with Crippen molar-refractivity contribution in [3.8, 4) is 0 Å². The fourth-order valence-corrected chi connectivity index (χ4v) is 1.70. The minimum Gasteiger partial charge on any atom is -0.382 e. The van der Waals surface area contributed by atoms with Gasteiger partial charge in [0.2, 0.25) is 0 Å². The van der Waals surface area contributed by atoms with Crippen LogP contribution in [0.2, 0.25) is 0 Å². The summed E-state index contributed by atoms with van der Waals surface area (Å²) < 4.78 is 10.5. The Morgan fingerprint density at radius 2 is 2.00 bits per heavy atom. The molecule has 2 rings (SSSR count). The van der Waals surface area contributed by atoms with Crippen LogP contribution in [0.15, 0.2) is 30.3 Å². The molecule has 0 radical (unpaired) electrons. The molecule has 0 aromatic heterocycles. The first-order chi connectivity index (χ1) is 6.90. The minimum atomic E-state index is 0.351. The molecule has 0 N–H and O–H groups in total. The van der Waals surface area contributed by atoms with Gasteiger partial charge in [0.1, 0.15) is 6.10 Å². The van der Waals surface area contributed by atoms with E-state index in [0.717, 1.165) is 19.4 Å². The number of hydrogen-bond acceptors (Lipinski definition) is 2. The molecular weight excluding hydrogens is 176 g/mol. The quantitative estimate of drug-likeness (QED) is 0.666. The van der Waals surface area contributed by atoms with Gasteiger partial charge in [-0.25, -0.2) is 0 Å². The standard InChI is InChI=1S/C12H16O2/c1-13-9-12-11(14-12)8-7-10-5-3-2-4-6-10/h2-6,11-12H,7-9H2,1H3/t11-,12-/m1/s1. The highest BCUT2D eigenvalue weighted by atomic mass is 16.6. The van der Waals surface area contributed by atoms with Gasteiger partial charge in [0.25, 0.3) is 0 Å². The predicted molar refractivity (Wildman–Crippen MR) is 55.3 cm³/mol. The van der Waals surface area contributed by atoms with E-state index in [4.69, 9.17) is 9.47 Å². The molecule has 1 saturated heterocycles. The Morgan fingerprint density at radius 1 is 1.21 bits per heavy atom. The molecule has 0 amide bonds. The van der Waals surface area contributed by atoms with Gasteiger partial charge in [-0.15, -0.1) is 0 Å². The van der Waals surface area contributed by atoms with Crippen molar-refractivity contribution in [2.24, 2.45) is 0 Å². The zero-order valence-electron chi connectivity index (χ0n) is 8.48. The Labute approximate surface area is 84.8 Å². The average Bonchev–Trinajstić information content (AvgIpc) is 2.96. The SMILES string of the molecule is COC[C@H]1O[C@@H]1CCc1ccccc1. The molecular formula is C12H16O2. The molecule has 2 nitrogen and oxygen atoms in total. The van der Waals surface area contributed by atoms with Crippen molar-refractivity contribution in [3.05, 3.63) is 35.9 Å². The average molecular weight is 192 g/mol. The van der Waals surface area contributed by atoms with E-state index in [2.05, 4.69) is 24.3 Å². The number of epoxide rings is 1. The van der Waals surface area contributed by atoms with Gasteiger partial charge in [-0.05, 0) is 18.4 Å². The molecule has 14 heavy (non-hydrogen) atoms. The molecule has 1 aromatic carbocycles. The van der Waals surface area contributed by atoms with Gasteiger partial charge in [0, 0.05) is 7.11 Å². The first-order valence-corrected chi connectivity index (χ1v) is 5.08. The van der Waals surface area contributed by atoms with Crippen molar-refractivity contribution in [1.29, 1.82) is 0 Å². The molecule has 76 valence electrons. The Balaban J connectivity index is 1.70. The van der Waals surface area contributed by atoms with Gasteiger partial charge in [-0.3, -0.25) is 0 Å². The van der Waals surface area contributed by atoms with Gasteiger partial charge < -0.3 is 9.47 Å². The van der Waals surface area contributed by atoms with E-state index >= 15 is 0 Å². The summed E-state index contributed by atoms with van der Waals surface area (Å²) in [4.78, 5) is 0. The lowest BCUT2D eigenvalue weighted by Crippen LogP contribution is -2.02. The van der Waals surface area contributed by atoms with E-state index in [0.29, 0.717) is 12.2 Å². The molecule has 2 heteroatoms. The van der Waals surface area contributed by atoms with Crippen LogP contribution in [0.25, 0.3) is 0 Å². The summed E-state index contributed by atoms with van der Waals surface area (Å²) in [7, 11) is 1.72. The smallest absolute Gasteiger partial charge is 0.107 e. The van der Waals surface area contributed by atoms with Crippen molar-refractivity contribution in [2.75, 3.05) is 13.7 Å². The topological polar surface area (TPSA) is 21.8 Å². The predicted octanol–water partition coefficient (Wildman–Crippen LogP) is 2.03. The number of benzene rings is 1. The van der Waals surface area contributed by atoms with Crippen LogP contribution in [0, 0.1) is 0 Å². The maximum absolute atomic E-state index is 5.45. The maximum atomic E-state index is 5.45. The van der Waals surface area contributed by atoms with Crippen LogP contribution in [-0.2, 0) is 15.9 Å². The fraction of sp³-hybridized carbons (Fsp3) is 0.500. The number of hydrogen-bond donors (Lipinski definition) is 0. The second-order valence-corrected chi connectivity index (χ2v) is 3.69. The molecule has 0 bridgehead atoms. The fourth-order valence-electron chi connectivity index (χ4n) is 1.70. The van der Waals surface area contributed by atoms with Crippen molar-refractivity contribution < 1.29 is 9.47 Å². The summed E-state index contributed by atoms with van der Waals surface area (Å²) in [6.07, 6.45) is 2.99. The third kappa shape index (κ3) is 2.56. The second-order valence-electron chi connectivity index (χ2n) is 3.69. The zero-order chi connectivity index (χ0) is 9.80. The molecule has 1 fully saturated rings. The van der Waals surface area contributed by atoms with Gasteiger partial charge in [-0.2, -0.15) is 0 Å². The summed E-state index contributed by atoms with van der Waals surface area (Å²) in [5.74, 6) is 0. The van der Waals surface area contributed by atoms with Gasteiger partial charge >= 0.3 is 0 Å². The van der Waals surface area contributed by atoms with Crippen LogP contribution in [0.5, 0.6) is 0 Å². The van der Waals surface area contributed by atoms with Crippen LogP contribution >= 0.6 is 0 Å². The van der Waals surface area contributed by atoms with Crippen molar-refractivity contribution in [1.82, 2.24) is 0 Å². The van der Waals surface area contributed by atoms with Crippen molar-refractivity contribution in [2.45, 2.75) is 25.0 Å². The molecule has 0 spiro atoms. The number of aryl methyl sites for hydroxylation is 1. The number of methoxy groups -OCH3 is 1. The van der Waals surface area contributed by atoms with Crippen molar-refractivity contribution >= 4 is 0 Å². The van der Waals surface area contributed by atoms with Gasteiger partial charge in [0.15, 0.2) is 0 Å². The lowest BCUT2D eigenvalue weighted by molar-refractivity contribution is 0.171. The number of ether oxygens (including phenoxy) is 2. The maximum Gasteiger partial charge on any atom is 0.107 e. The monoisotopic (exact) mass is 192 g/mol. The Bertz CT molecular complexity index is 271. The molecule has 1 aliphatic rings. The lowest BCUT2D eigenvalue weighted by atomic mass is 10.1. The van der Waals surface area contributed by atoms with E-state index in [1.165, 1.54) is 5.56 Å². The Hall–Kier alpha value is -0.860. The molecule has 0 saturated carbocycles. The zero-order valence-corrected chi connectivity index (χ0v) is 8.48. The highest BCUT2D eigenvalue weighted by Crippen LogP contribution is 2.26. The highest BCUT2D eigenvalue weighted by Gasteiger charge is 2.37. The largest absolute Gasteiger partial charge is 0.382 e. The van der Waals surface area contributed by atoms with Crippen molar-refractivity contribution in [3.63, 3.8) is 0 Å². The van der Waals surface area contributed by atoms with E-state index < -0.39 is 0 Å². The summed E-state index contributed by atoms with van der Waals surface area (Å²) >= 11 is 0. The Kier molecular flexibility index (Phi) is 3.17. The van der Waals surface area contributed by atoms with Crippen LogP contribution < -0.4 is 0 Å². The minimum absolute atomic E-state index is 0.351. The summed E-state index contributed by atoms with van der Waals surface area (Å²) in [5, 5.41) is 0.